The summed E-state index contributed by atoms with van der Waals surface area (Å²) >= 11 is 0. The van der Waals surface area contributed by atoms with Crippen molar-refractivity contribution in [3.05, 3.63) is 11.4 Å². The Labute approximate surface area is 96.3 Å². The number of nitrogens with one attached hydrogen (secondary N) is 1. The van der Waals surface area contributed by atoms with Gasteiger partial charge in [-0.05, 0) is 18.8 Å². The Kier molecular flexibility index (Phi) is 5.11. The first-order chi connectivity index (χ1) is 7.71. The van der Waals surface area contributed by atoms with Crippen molar-refractivity contribution in [2.75, 3.05) is 18.5 Å². The molecule has 0 saturated heterocycles. The molecular weight excluding hydrogens is 204 g/mol. The summed E-state index contributed by atoms with van der Waals surface area (Å²) in [4.78, 5) is 4.40. The first-order valence-corrected chi connectivity index (χ1v) is 5.78. The molecule has 16 heavy (non-hydrogen) atoms. The molecule has 2 N–H and O–H groups in total. The third-order valence-corrected chi connectivity index (χ3v) is 2.43. The Bertz CT molecular complexity index is 330. The van der Waals surface area contributed by atoms with Crippen molar-refractivity contribution in [3.63, 3.8) is 0 Å². The molecule has 0 aliphatic carbocycles. The summed E-state index contributed by atoms with van der Waals surface area (Å²) in [6, 6.07) is 0. The molecule has 1 aromatic heterocycles. The molecule has 0 amide bonds. The quantitative estimate of drug-likeness (QED) is 0.755. The van der Waals surface area contributed by atoms with Gasteiger partial charge in [-0.2, -0.15) is 5.10 Å². The van der Waals surface area contributed by atoms with E-state index in [0.29, 0.717) is 12.5 Å². The van der Waals surface area contributed by atoms with Gasteiger partial charge in [0.05, 0.1) is 11.4 Å². The van der Waals surface area contributed by atoms with Crippen molar-refractivity contribution in [2.45, 2.75) is 33.6 Å². The summed E-state index contributed by atoms with van der Waals surface area (Å²) in [5.74, 6) is 0.744. The van der Waals surface area contributed by atoms with E-state index in [4.69, 9.17) is 5.11 Å². The van der Waals surface area contributed by atoms with E-state index in [-0.39, 0.29) is 12.5 Å². The van der Waals surface area contributed by atoms with Gasteiger partial charge in [0, 0.05) is 13.2 Å². The lowest BCUT2D eigenvalue weighted by Crippen LogP contribution is -2.17. The van der Waals surface area contributed by atoms with E-state index in [1.54, 1.807) is 0 Å². The molecule has 0 spiro atoms. The maximum atomic E-state index is 8.90. The molecule has 1 aromatic rings. The Morgan fingerprint density at radius 2 is 1.88 bits per heavy atom. The number of rotatable bonds is 6. The lowest BCUT2D eigenvalue weighted by Gasteiger charge is -2.10. The maximum Gasteiger partial charge on any atom is 0.242 e. The van der Waals surface area contributed by atoms with Gasteiger partial charge in [-0.25, -0.2) is 4.98 Å². The molecule has 5 heteroatoms. The minimum Gasteiger partial charge on any atom is -0.396 e. The van der Waals surface area contributed by atoms with E-state index in [1.165, 1.54) is 0 Å². The highest BCUT2D eigenvalue weighted by atomic mass is 16.3. The first-order valence-electron chi connectivity index (χ1n) is 5.78. The van der Waals surface area contributed by atoms with Crippen molar-refractivity contribution in [2.24, 2.45) is 5.92 Å². The molecule has 0 saturated carbocycles. The van der Waals surface area contributed by atoms with Gasteiger partial charge in [-0.3, -0.25) is 0 Å². The van der Waals surface area contributed by atoms with E-state index in [0.717, 1.165) is 24.2 Å². The summed E-state index contributed by atoms with van der Waals surface area (Å²) in [5, 5.41) is 20.1. The standard InChI is InChI=1S/C11H20N4O/c1-4-9-10(5-2)14-15-11(13-9)12-6-8(3)7-16/h8,16H,4-7H2,1-3H3,(H,12,13,15). The van der Waals surface area contributed by atoms with Crippen LogP contribution in [0.3, 0.4) is 0 Å². The van der Waals surface area contributed by atoms with Gasteiger partial charge < -0.3 is 10.4 Å². The van der Waals surface area contributed by atoms with Crippen LogP contribution in [0, 0.1) is 5.92 Å². The molecule has 0 bridgehead atoms. The monoisotopic (exact) mass is 224 g/mol. The van der Waals surface area contributed by atoms with Gasteiger partial charge in [0.25, 0.3) is 0 Å². The van der Waals surface area contributed by atoms with Crippen molar-refractivity contribution < 1.29 is 5.11 Å². The highest BCUT2D eigenvalue weighted by Gasteiger charge is 2.06. The van der Waals surface area contributed by atoms with Gasteiger partial charge in [-0.15, -0.1) is 5.10 Å². The Hall–Kier alpha value is -1.23. The molecule has 5 nitrogen and oxygen atoms in total. The molecule has 1 heterocycles. The molecule has 1 atom stereocenters. The van der Waals surface area contributed by atoms with Crippen LogP contribution in [0.25, 0.3) is 0 Å². The summed E-state index contributed by atoms with van der Waals surface area (Å²) in [6.07, 6.45) is 1.72. The van der Waals surface area contributed by atoms with Crippen LogP contribution in [0.15, 0.2) is 0 Å². The number of hydrogen-bond donors (Lipinski definition) is 2. The fraction of sp³-hybridized carbons (Fsp3) is 0.727. The SMILES string of the molecule is CCc1nnc(NCC(C)CO)nc1CC. The second kappa shape index (κ2) is 6.37. The highest BCUT2D eigenvalue weighted by molar-refractivity contribution is 5.25. The summed E-state index contributed by atoms with van der Waals surface area (Å²) < 4.78 is 0. The second-order valence-corrected chi connectivity index (χ2v) is 3.90. The maximum absolute atomic E-state index is 8.90. The Morgan fingerprint density at radius 3 is 2.44 bits per heavy atom. The van der Waals surface area contributed by atoms with E-state index in [2.05, 4.69) is 27.4 Å². The van der Waals surface area contributed by atoms with Crippen LogP contribution < -0.4 is 5.32 Å². The molecule has 0 fully saturated rings. The van der Waals surface area contributed by atoms with Gasteiger partial charge in [0.15, 0.2) is 0 Å². The normalized spacial score (nSPS) is 12.5. The van der Waals surface area contributed by atoms with Crippen LogP contribution in [0.1, 0.15) is 32.2 Å². The number of aliphatic hydroxyl groups is 1. The molecule has 1 unspecified atom stereocenters. The average molecular weight is 224 g/mol. The van der Waals surface area contributed by atoms with Crippen LogP contribution in [-0.2, 0) is 12.8 Å². The number of aryl methyl sites for hydroxylation is 2. The van der Waals surface area contributed by atoms with Crippen molar-refractivity contribution in [1.82, 2.24) is 15.2 Å². The average Bonchev–Trinajstić information content (AvgIpc) is 2.35. The summed E-state index contributed by atoms with van der Waals surface area (Å²) in [5.41, 5.74) is 1.96. The third kappa shape index (κ3) is 3.41. The fourth-order valence-corrected chi connectivity index (χ4v) is 1.34. The zero-order chi connectivity index (χ0) is 12.0. The number of hydrogen-bond acceptors (Lipinski definition) is 5. The number of aromatic nitrogens is 3. The molecule has 0 aliphatic rings. The minimum atomic E-state index is 0.161. The molecule has 0 aromatic carbocycles. The third-order valence-electron chi connectivity index (χ3n) is 2.43. The van der Waals surface area contributed by atoms with E-state index in [1.807, 2.05) is 13.8 Å². The van der Waals surface area contributed by atoms with Crippen molar-refractivity contribution in [1.29, 1.82) is 0 Å². The lowest BCUT2D eigenvalue weighted by molar-refractivity contribution is 0.244. The number of aliphatic hydroxyl groups excluding tert-OH is 1. The topological polar surface area (TPSA) is 70.9 Å². The smallest absolute Gasteiger partial charge is 0.242 e. The minimum absolute atomic E-state index is 0.161. The van der Waals surface area contributed by atoms with Crippen LogP contribution in [0.4, 0.5) is 5.95 Å². The van der Waals surface area contributed by atoms with Crippen LogP contribution in [-0.4, -0.2) is 33.4 Å². The van der Waals surface area contributed by atoms with E-state index < -0.39 is 0 Å². The van der Waals surface area contributed by atoms with E-state index >= 15 is 0 Å². The fourth-order valence-electron chi connectivity index (χ4n) is 1.34. The van der Waals surface area contributed by atoms with Crippen LogP contribution >= 0.6 is 0 Å². The molecule has 0 radical (unpaired) electrons. The molecule has 0 aliphatic heterocycles. The lowest BCUT2D eigenvalue weighted by atomic mass is 10.2. The van der Waals surface area contributed by atoms with Gasteiger partial charge in [-0.1, -0.05) is 20.8 Å². The summed E-state index contributed by atoms with van der Waals surface area (Å²) in [6.45, 7) is 6.89. The molecule has 1 rings (SSSR count). The predicted octanol–water partition coefficient (Wildman–Crippen LogP) is 1.04. The largest absolute Gasteiger partial charge is 0.396 e. The molecular formula is C11H20N4O. The van der Waals surface area contributed by atoms with Gasteiger partial charge in [0.1, 0.15) is 0 Å². The van der Waals surface area contributed by atoms with Gasteiger partial charge in [0.2, 0.25) is 5.95 Å². The van der Waals surface area contributed by atoms with E-state index in [9.17, 15) is 0 Å². The molecule has 90 valence electrons. The zero-order valence-corrected chi connectivity index (χ0v) is 10.2. The number of anilines is 1. The van der Waals surface area contributed by atoms with Crippen LogP contribution in [0.2, 0.25) is 0 Å². The van der Waals surface area contributed by atoms with Gasteiger partial charge >= 0.3 is 0 Å². The van der Waals surface area contributed by atoms with Crippen molar-refractivity contribution in [3.8, 4) is 0 Å². The second-order valence-electron chi connectivity index (χ2n) is 3.90. The summed E-state index contributed by atoms with van der Waals surface area (Å²) in [7, 11) is 0. The van der Waals surface area contributed by atoms with Crippen LogP contribution in [0.5, 0.6) is 0 Å². The zero-order valence-electron chi connectivity index (χ0n) is 10.2. The predicted molar refractivity (Wildman–Crippen MR) is 63.3 cm³/mol. The number of nitrogens with zero attached hydrogens (tertiary/aromatic N) is 3. The Morgan fingerprint density at radius 1 is 1.19 bits per heavy atom. The van der Waals surface area contributed by atoms with Crippen molar-refractivity contribution >= 4 is 5.95 Å². The highest BCUT2D eigenvalue weighted by Crippen LogP contribution is 2.07. The first kappa shape index (κ1) is 12.8. The Balaban J connectivity index is 2.67.